The third-order valence-electron chi connectivity index (χ3n) is 2.39. The maximum Gasteiger partial charge on any atom is 0.135 e. The second-order valence-corrected chi connectivity index (χ2v) is 4.33. The molecular formula is C12H20O4S. The molecule has 0 aromatic carbocycles. The molecule has 0 heterocycles. The fourth-order valence-corrected chi connectivity index (χ4v) is 1.48. The molecule has 0 aromatic heterocycles. The third kappa shape index (κ3) is 11.6. The highest BCUT2D eigenvalue weighted by Gasteiger charge is 2.07. The molecule has 0 aromatic rings. The average Bonchev–Trinajstić information content (AvgIpc) is 2.29. The van der Waals surface area contributed by atoms with Gasteiger partial charge >= 0.3 is 0 Å². The first-order chi connectivity index (χ1) is 8.06. The average molecular weight is 260 g/mol. The molecule has 98 valence electrons. The number of hydrogen-bond donors (Lipinski definition) is 1. The topological polar surface area (TPSA) is 60.4 Å². The Kier molecular flexibility index (Phi) is 10.1. The van der Waals surface area contributed by atoms with E-state index in [1.807, 2.05) is 0 Å². The summed E-state index contributed by atoms with van der Waals surface area (Å²) in [5.41, 5.74) is 0. The molecule has 17 heavy (non-hydrogen) atoms. The van der Waals surface area contributed by atoms with Crippen LogP contribution in [0.2, 0.25) is 0 Å². The Labute approximate surface area is 108 Å². The Hall–Kier alpha value is -0.680. The number of carbonyl (C=O) groups excluding carboxylic acids is 3. The van der Waals surface area contributed by atoms with Crippen LogP contribution in [0, 0.1) is 0 Å². The summed E-state index contributed by atoms with van der Waals surface area (Å²) in [5.74, 6) is 0.268. The first-order valence-electron chi connectivity index (χ1n) is 5.85. The van der Waals surface area contributed by atoms with E-state index >= 15 is 0 Å². The lowest BCUT2D eigenvalue weighted by atomic mass is 10.0. The van der Waals surface area contributed by atoms with Crippen molar-refractivity contribution >= 4 is 30.3 Å². The Morgan fingerprint density at radius 2 is 1.41 bits per heavy atom. The van der Waals surface area contributed by atoms with Crippen LogP contribution in [0.4, 0.5) is 0 Å². The molecule has 0 unspecified atom stereocenters. The molecule has 0 saturated heterocycles. The van der Waals surface area contributed by atoms with Crippen molar-refractivity contribution in [3.63, 3.8) is 0 Å². The molecule has 0 spiro atoms. The number of Topliss-reactive ketones (excluding diaryl/α,β-unsaturated/α-hetero) is 3. The van der Waals surface area contributed by atoms with Crippen LogP contribution in [0.1, 0.15) is 51.9 Å². The predicted octanol–water partition coefficient (Wildman–Crippen LogP) is 2.31. The van der Waals surface area contributed by atoms with Gasteiger partial charge in [0.15, 0.2) is 0 Å². The number of thiol groups is 1. The van der Waals surface area contributed by atoms with Crippen molar-refractivity contribution < 1.29 is 18.6 Å². The van der Waals surface area contributed by atoms with Gasteiger partial charge in [-0.05, 0) is 32.7 Å². The minimum absolute atomic E-state index is 0.0242. The lowest BCUT2D eigenvalue weighted by molar-refractivity contribution is -0.124. The van der Waals surface area contributed by atoms with Crippen molar-refractivity contribution in [3.8, 4) is 0 Å². The van der Waals surface area contributed by atoms with Gasteiger partial charge in [0.1, 0.15) is 17.3 Å². The van der Waals surface area contributed by atoms with E-state index in [0.717, 1.165) is 12.8 Å². The number of carbonyl (C=O) groups is 3. The van der Waals surface area contributed by atoms with E-state index in [0.29, 0.717) is 25.7 Å². The van der Waals surface area contributed by atoms with Crippen molar-refractivity contribution in [2.24, 2.45) is 0 Å². The van der Waals surface area contributed by atoms with Crippen molar-refractivity contribution in [1.82, 2.24) is 0 Å². The second-order valence-electron chi connectivity index (χ2n) is 4.07. The van der Waals surface area contributed by atoms with Crippen LogP contribution >= 0.6 is 12.9 Å². The van der Waals surface area contributed by atoms with Crippen molar-refractivity contribution in [2.45, 2.75) is 51.9 Å². The molecule has 0 bridgehead atoms. The first kappa shape index (κ1) is 16.3. The predicted molar refractivity (Wildman–Crippen MR) is 68.0 cm³/mol. The fraction of sp³-hybridized carbons (Fsp3) is 0.750. The highest BCUT2D eigenvalue weighted by atomic mass is 32.1. The molecule has 0 atom stereocenters. The summed E-state index contributed by atoms with van der Waals surface area (Å²) in [5, 5.41) is 0. The van der Waals surface area contributed by atoms with Crippen molar-refractivity contribution in [3.05, 3.63) is 0 Å². The number of ketones is 3. The maximum absolute atomic E-state index is 11.4. The van der Waals surface area contributed by atoms with Gasteiger partial charge in [-0.3, -0.25) is 9.59 Å². The SMILES string of the molecule is CC(=O)CCCCC(=O)CCC(=O)CCOS. The van der Waals surface area contributed by atoms with Crippen LogP contribution in [0.5, 0.6) is 0 Å². The van der Waals surface area contributed by atoms with Crippen LogP contribution in [0.25, 0.3) is 0 Å². The number of unbranched alkanes of at least 4 members (excludes halogenated alkanes) is 1. The largest absolute Gasteiger partial charge is 0.318 e. The fourth-order valence-electron chi connectivity index (χ4n) is 1.38. The highest BCUT2D eigenvalue weighted by Crippen LogP contribution is 2.05. The Morgan fingerprint density at radius 3 is 1.94 bits per heavy atom. The van der Waals surface area contributed by atoms with Crippen molar-refractivity contribution in [2.75, 3.05) is 6.61 Å². The smallest absolute Gasteiger partial charge is 0.135 e. The number of rotatable bonds is 11. The monoisotopic (exact) mass is 260 g/mol. The molecule has 5 heteroatoms. The molecular weight excluding hydrogens is 240 g/mol. The maximum atomic E-state index is 11.4. The Bertz CT molecular complexity index is 263. The van der Waals surface area contributed by atoms with Gasteiger partial charge in [0, 0.05) is 32.1 Å². The minimum atomic E-state index is 0.0242. The zero-order chi connectivity index (χ0) is 13.1. The summed E-state index contributed by atoms with van der Waals surface area (Å²) in [4.78, 5) is 33.3. The normalized spacial score (nSPS) is 10.2. The van der Waals surface area contributed by atoms with Gasteiger partial charge in [0.2, 0.25) is 0 Å². The molecule has 0 amide bonds. The Balaban J connectivity index is 3.46. The van der Waals surface area contributed by atoms with Crippen LogP contribution in [0.15, 0.2) is 0 Å². The molecule has 4 nitrogen and oxygen atoms in total. The zero-order valence-corrected chi connectivity index (χ0v) is 11.1. The molecule has 0 saturated carbocycles. The van der Waals surface area contributed by atoms with E-state index in [1.54, 1.807) is 6.92 Å². The summed E-state index contributed by atoms with van der Waals surface area (Å²) in [7, 11) is 0. The summed E-state index contributed by atoms with van der Waals surface area (Å²) >= 11 is 3.53. The van der Waals surface area contributed by atoms with E-state index in [4.69, 9.17) is 0 Å². The molecule has 0 aliphatic heterocycles. The quantitative estimate of drug-likeness (QED) is 0.352. The second kappa shape index (κ2) is 10.5. The van der Waals surface area contributed by atoms with Crippen LogP contribution in [-0.2, 0) is 18.6 Å². The van der Waals surface area contributed by atoms with E-state index in [9.17, 15) is 14.4 Å². The van der Waals surface area contributed by atoms with Crippen LogP contribution in [-0.4, -0.2) is 24.0 Å². The zero-order valence-electron chi connectivity index (χ0n) is 10.2. The Morgan fingerprint density at radius 1 is 0.882 bits per heavy atom. The van der Waals surface area contributed by atoms with Gasteiger partial charge < -0.3 is 8.98 Å². The van der Waals surface area contributed by atoms with E-state index in [2.05, 4.69) is 17.1 Å². The van der Waals surface area contributed by atoms with Crippen LogP contribution < -0.4 is 0 Å². The van der Waals surface area contributed by atoms with Gasteiger partial charge in [0.25, 0.3) is 0 Å². The van der Waals surface area contributed by atoms with Gasteiger partial charge in [-0.25, -0.2) is 0 Å². The molecule has 0 N–H and O–H groups in total. The minimum Gasteiger partial charge on any atom is -0.318 e. The van der Waals surface area contributed by atoms with E-state index in [-0.39, 0.29) is 30.4 Å². The van der Waals surface area contributed by atoms with Crippen molar-refractivity contribution in [1.29, 1.82) is 0 Å². The first-order valence-corrected chi connectivity index (χ1v) is 6.22. The molecule has 0 aliphatic carbocycles. The summed E-state index contributed by atoms with van der Waals surface area (Å²) in [6.07, 6.45) is 3.36. The van der Waals surface area contributed by atoms with Gasteiger partial charge in [-0.15, -0.1) is 0 Å². The standard InChI is InChI=1S/C12H20O4S/c1-10(13)4-2-3-5-11(14)6-7-12(15)8-9-16-17/h17H,2-9H2,1H3. The summed E-state index contributed by atoms with van der Waals surface area (Å²) < 4.78 is 4.48. The van der Waals surface area contributed by atoms with Gasteiger partial charge in [-0.1, -0.05) is 0 Å². The molecule has 0 aliphatic rings. The van der Waals surface area contributed by atoms with Crippen LogP contribution in [0.3, 0.4) is 0 Å². The lowest BCUT2D eigenvalue weighted by Crippen LogP contribution is -2.06. The third-order valence-corrected chi connectivity index (χ3v) is 2.57. The van der Waals surface area contributed by atoms with E-state index < -0.39 is 0 Å². The molecule has 0 rings (SSSR count). The van der Waals surface area contributed by atoms with Gasteiger partial charge in [-0.2, -0.15) is 0 Å². The molecule has 0 radical (unpaired) electrons. The summed E-state index contributed by atoms with van der Waals surface area (Å²) in [6, 6.07) is 0. The lowest BCUT2D eigenvalue weighted by Gasteiger charge is -2.00. The number of hydrogen-bond acceptors (Lipinski definition) is 5. The molecule has 0 fully saturated rings. The highest BCUT2D eigenvalue weighted by molar-refractivity contribution is 7.75. The van der Waals surface area contributed by atoms with Gasteiger partial charge in [0.05, 0.1) is 6.61 Å². The van der Waals surface area contributed by atoms with E-state index in [1.165, 1.54) is 0 Å². The summed E-state index contributed by atoms with van der Waals surface area (Å²) in [6.45, 7) is 1.83.